The predicted molar refractivity (Wildman–Crippen MR) is 232 cm³/mol. The van der Waals surface area contributed by atoms with E-state index in [0.717, 1.165) is 18.5 Å². The van der Waals surface area contributed by atoms with Crippen molar-refractivity contribution >= 4 is 52.6 Å². The van der Waals surface area contributed by atoms with E-state index in [1.807, 2.05) is 13.2 Å². The highest BCUT2D eigenvalue weighted by atomic mass is 32.2. The number of amides is 1. The van der Waals surface area contributed by atoms with Gasteiger partial charge in [0.05, 0.1) is 84.2 Å². The summed E-state index contributed by atoms with van der Waals surface area (Å²) < 4.78 is 38.9. The van der Waals surface area contributed by atoms with Crippen molar-refractivity contribution in [3.63, 3.8) is 0 Å². The van der Waals surface area contributed by atoms with Gasteiger partial charge in [0.1, 0.15) is 24.0 Å². The Kier molecular flexibility index (Phi) is 26.4. The van der Waals surface area contributed by atoms with Gasteiger partial charge in [-0.3, -0.25) is 33.6 Å². The minimum absolute atomic E-state index is 0.00643. The number of fused-ring (bicyclic) bond motifs is 1. The number of methoxy groups -OCH3 is 1. The lowest BCUT2D eigenvalue weighted by Gasteiger charge is -2.26. The third kappa shape index (κ3) is 20.2. The number of carbonyl (C=O) groups is 7. The molecule has 0 spiro atoms. The number of hydrogen-bond acceptors (Lipinski definition) is 16. The summed E-state index contributed by atoms with van der Waals surface area (Å²) >= 11 is 1.42. The van der Waals surface area contributed by atoms with Gasteiger partial charge in [-0.2, -0.15) is 11.8 Å². The van der Waals surface area contributed by atoms with Gasteiger partial charge in [0, 0.05) is 57.1 Å². The number of esters is 1. The molecule has 0 bridgehead atoms. The summed E-state index contributed by atoms with van der Waals surface area (Å²) in [5, 5.41) is 5.46. The van der Waals surface area contributed by atoms with Crippen molar-refractivity contribution in [1.29, 1.82) is 0 Å². The first kappa shape index (κ1) is 52.6. The van der Waals surface area contributed by atoms with E-state index < -0.39 is 11.9 Å². The predicted octanol–water partition coefficient (Wildman–Crippen LogP) is 4.40. The van der Waals surface area contributed by atoms with Gasteiger partial charge in [-0.15, -0.1) is 0 Å². The number of carbonyl (C=O) groups excluding carboxylic acids is 7. The first-order chi connectivity index (χ1) is 30.1. The lowest BCUT2D eigenvalue weighted by molar-refractivity contribution is -0.144. The lowest BCUT2D eigenvalue weighted by Crippen LogP contribution is -2.36. The van der Waals surface area contributed by atoms with E-state index in [4.69, 9.17) is 33.2 Å². The molecular weight excluding hydrogens is 825 g/mol. The van der Waals surface area contributed by atoms with Crippen molar-refractivity contribution < 1.29 is 66.7 Å². The zero-order valence-electron chi connectivity index (χ0n) is 36.9. The van der Waals surface area contributed by atoms with Gasteiger partial charge in [0.15, 0.2) is 23.1 Å². The van der Waals surface area contributed by atoms with Crippen molar-refractivity contribution in [2.45, 2.75) is 102 Å². The van der Waals surface area contributed by atoms with Crippen molar-refractivity contribution in [2.24, 2.45) is 5.92 Å². The maximum Gasteiger partial charge on any atom is 0.305 e. The van der Waals surface area contributed by atoms with Crippen LogP contribution in [0.4, 0.5) is 0 Å². The van der Waals surface area contributed by atoms with Crippen molar-refractivity contribution in [3.05, 3.63) is 23.3 Å². The van der Waals surface area contributed by atoms with Gasteiger partial charge in [-0.1, -0.05) is 6.92 Å². The largest absolute Gasteiger partial charge is 0.493 e. The van der Waals surface area contributed by atoms with Gasteiger partial charge in [0.2, 0.25) is 5.91 Å². The molecular formula is C45H68N2O14S. The molecule has 0 aliphatic heterocycles. The molecule has 1 aromatic rings. The van der Waals surface area contributed by atoms with Gasteiger partial charge in [0.25, 0.3) is 0 Å². The Labute approximate surface area is 370 Å². The third-order valence-corrected chi connectivity index (χ3v) is 11.5. The molecule has 0 aromatic heterocycles. The summed E-state index contributed by atoms with van der Waals surface area (Å²) in [5.41, 5.74) is 1.27. The highest BCUT2D eigenvalue weighted by molar-refractivity contribution is 8.00. The van der Waals surface area contributed by atoms with Crippen LogP contribution >= 0.6 is 11.8 Å². The Morgan fingerprint density at radius 2 is 1.44 bits per heavy atom. The molecule has 348 valence electrons. The van der Waals surface area contributed by atoms with Crippen LogP contribution < -0.4 is 20.1 Å². The maximum absolute atomic E-state index is 12.9. The second-order valence-corrected chi connectivity index (χ2v) is 16.3. The summed E-state index contributed by atoms with van der Waals surface area (Å²) in [7, 11) is 1.51. The normalized spacial score (nSPS) is 17.2. The molecule has 0 radical (unpaired) electrons. The molecule has 2 N–H and O–H groups in total. The molecule has 2 aliphatic carbocycles. The summed E-state index contributed by atoms with van der Waals surface area (Å²) in [5.74, 6) is -0.248. The Morgan fingerprint density at radius 1 is 0.758 bits per heavy atom. The number of rotatable bonds is 36. The number of nitrogens with one attached hydrogen (secondary N) is 2. The lowest BCUT2D eigenvalue weighted by atomic mass is 9.79. The van der Waals surface area contributed by atoms with Crippen LogP contribution in [0.15, 0.2) is 12.1 Å². The average Bonchev–Trinajstić information content (AvgIpc) is 3.54. The van der Waals surface area contributed by atoms with Gasteiger partial charge in [-0.25, -0.2) is 0 Å². The van der Waals surface area contributed by atoms with E-state index in [1.54, 1.807) is 12.1 Å². The second kappa shape index (κ2) is 31.2. The zero-order chi connectivity index (χ0) is 45.0. The number of ether oxygens (including phenoxy) is 7. The smallest absolute Gasteiger partial charge is 0.305 e. The Balaban J connectivity index is 1.18. The first-order valence-electron chi connectivity index (χ1n) is 22.0. The Hall–Kier alpha value is -3.74. The molecule has 1 amide bonds. The molecule has 3 unspecified atom stereocenters. The van der Waals surface area contributed by atoms with Crippen LogP contribution in [-0.2, 0) is 52.5 Å². The number of hydrogen-bond donors (Lipinski definition) is 2. The van der Waals surface area contributed by atoms with E-state index in [9.17, 15) is 33.6 Å². The van der Waals surface area contributed by atoms with Crippen LogP contribution in [0.1, 0.15) is 112 Å². The van der Waals surface area contributed by atoms with Gasteiger partial charge in [-0.05, 0) is 74.9 Å². The van der Waals surface area contributed by atoms with Crippen LogP contribution in [0.5, 0.6) is 11.5 Å². The Morgan fingerprint density at radius 3 is 2.11 bits per heavy atom. The molecule has 1 saturated carbocycles. The van der Waals surface area contributed by atoms with E-state index in [0.29, 0.717) is 121 Å². The van der Waals surface area contributed by atoms with Crippen molar-refractivity contribution in [2.75, 3.05) is 99.1 Å². The molecule has 1 fully saturated rings. The molecule has 2 aliphatic rings. The van der Waals surface area contributed by atoms with E-state index >= 15 is 0 Å². The standard InChI is InChI=1S/C45H68N2O14S/c1-4-15-46-31-43(52)47-16-20-61-44(53)11-7-18-60-41-29-37-36(28-40(41)55-2)32(12-13-38(37)50)27-34(49)14-19-57-22-24-59-26-25-58-23-21-56-17-6-9-33(48)8-5-10-35-39(51)30-42(62-3)45(35)54/h28-29,32,35,42,46H,4-27,30-31H2,1-3H3,(H,47,52). The average molecular weight is 893 g/mol. The summed E-state index contributed by atoms with van der Waals surface area (Å²) in [6.07, 6.45) is 7.40. The van der Waals surface area contributed by atoms with Gasteiger partial charge >= 0.3 is 5.97 Å². The first-order valence-corrected chi connectivity index (χ1v) is 23.3. The van der Waals surface area contributed by atoms with Crippen LogP contribution in [0.25, 0.3) is 0 Å². The second-order valence-electron chi connectivity index (χ2n) is 15.3. The zero-order valence-corrected chi connectivity index (χ0v) is 37.7. The fraction of sp³-hybridized carbons (Fsp3) is 0.711. The fourth-order valence-corrected chi connectivity index (χ4v) is 7.87. The van der Waals surface area contributed by atoms with Crippen LogP contribution in [0, 0.1) is 5.92 Å². The SMILES string of the molecule is CCCNCC(=O)NCCOC(=O)CCCOc1cc2c(cc1OC)C(CC(=O)CCOCCOCCOCCOCCCC(=O)CCCC1C(=O)CC(SC)C1=O)CCC2=O. The third-order valence-electron chi connectivity index (χ3n) is 10.5. The van der Waals surface area contributed by atoms with Crippen molar-refractivity contribution in [1.82, 2.24) is 10.6 Å². The highest BCUT2D eigenvalue weighted by Crippen LogP contribution is 2.41. The molecule has 16 nitrogen and oxygen atoms in total. The Bertz CT molecular complexity index is 1590. The monoisotopic (exact) mass is 892 g/mol. The van der Waals surface area contributed by atoms with E-state index in [1.165, 1.54) is 18.9 Å². The van der Waals surface area contributed by atoms with Crippen molar-refractivity contribution in [3.8, 4) is 11.5 Å². The quantitative estimate of drug-likeness (QED) is 0.0544. The molecule has 0 heterocycles. The molecule has 17 heteroatoms. The number of benzene rings is 1. The molecule has 0 saturated heterocycles. The summed E-state index contributed by atoms with van der Waals surface area (Å²) in [6, 6.07) is 3.44. The topological polar surface area (TPSA) is 208 Å². The molecule has 1 aromatic carbocycles. The minimum Gasteiger partial charge on any atom is -0.493 e. The highest BCUT2D eigenvalue weighted by Gasteiger charge is 2.40. The maximum atomic E-state index is 12.9. The van der Waals surface area contributed by atoms with E-state index in [-0.39, 0.29) is 98.2 Å². The summed E-state index contributed by atoms with van der Waals surface area (Å²) in [6.45, 7) is 6.50. The minimum atomic E-state index is -0.533. The molecule has 3 atom stereocenters. The molecule has 62 heavy (non-hydrogen) atoms. The number of thioether (sulfide) groups is 1. The van der Waals surface area contributed by atoms with Crippen LogP contribution in [0.2, 0.25) is 0 Å². The number of ketones is 5. The van der Waals surface area contributed by atoms with Gasteiger partial charge < -0.3 is 43.8 Å². The van der Waals surface area contributed by atoms with Crippen LogP contribution in [0.3, 0.4) is 0 Å². The number of Topliss-reactive ketones (excluding diaryl/α,β-unsaturated/α-hetero) is 5. The summed E-state index contributed by atoms with van der Waals surface area (Å²) in [4.78, 5) is 86.0. The van der Waals surface area contributed by atoms with Crippen LogP contribution in [-0.4, -0.2) is 145 Å². The fourth-order valence-electron chi connectivity index (χ4n) is 7.14. The molecule has 3 rings (SSSR count). The van der Waals surface area contributed by atoms with E-state index in [2.05, 4.69) is 10.6 Å².